The number of anilines is 1. The molecule has 0 radical (unpaired) electrons. The van der Waals surface area contributed by atoms with Crippen LogP contribution in [0.4, 0.5) is 11.4 Å². The van der Waals surface area contributed by atoms with Gasteiger partial charge in [-0.15, -0.1) is 0 Å². The van der Waals surface area contributed by atoms with Gasteiger partial charge in [0, 0.05) is 29.2 Å². The third-order valence-corrected chi connectivity index (χ3v) is 3.63. The van der Waals surface area contributed by atoms with E-state index in [0.717, 1.165) is 5.69 Å². The monoisotopic (exact) mass is 344 g/mol. The van der Waals surface area contributed by atoms with Gasteiger partial charge in [-0.3, -0.25) is 14.9 Å². The minimum atomic E-state index is -0.408. The van der Waals surface area contributed by atoms with Crippen LogP contribution < -0.4 is 4.90 Å². The van der Waals surface area contributed by atoms with E-state index in [-0.39, 0.29) is 18.1 Å². The zero-order valence-electron chi connectivity index (χ0n) is 11.7. The molecule has 1 aromatic rings. The largest absolute Gasteiger partial charge is 0.469 e. The second kappa shape index (κ2) is 7.23. The first-order chi connectivity index (χ1) is 9.40. The number of hydrogen-bond donors (Lipinski definition) is 0. The number of aryl methyl sites for hydroxylation is 1. The fourth-order valence-electron chi connectivity index (χ4n) is 1.87. The van der Waals surface area contributed by atoms with Gasteiger partial charge in [0.2, 0.25) is 0 Å². The molecule has 0 fully saturated rings. The summed E-state index contributed by atoms with van der Waals surface area (Å²) in [6.07, 6.45) is 0.271. The normalized spacial score (nSPS) is 10.2. The van der Waals surface area contributed by atoms with E-state index < -0.39 is 4.92 Å². The number of nitro groups is 1. The van der Waals surface area contributed by atoms with Crippen LogP contribution in [-0.2, 0) is 9.53 Å². The molecular formula is C13H17BrN2O4. The summed E-state index contributed by atoms with van der Waals surface area (Å²) < 4.78 is 5.26. The van der Waals surface area contributed by atoms with Gasteiger partial charge < -0.3 is 9.64 Å². The summed E-state index contributed by atoms with van der Waals surface area (Å²) in [5.41, 5.74) is 1.49. The van der Waals surface area contributed by atoms with E-state index in [4.69, 9.17) is 0 Å². The standard InChI is InChI=1S/C13H17BrN2O4/c1-4-15(6-5-13(17)20-3)12-7-9(2)11(16(18)19)8-10(12)14/h7-8H,4-6H2,1-3H3. The van der Waals surface area contributed by atoms with Gasteiger partial charge in [-0.2, -0.15) is 0 Å². The lowest BCUT2D eigenvalue weighted by Gasteiger charge is -2.24. The van der Waals surface area contributed by atoms with E-state index in [0.29, 0.717) is 23.1 Å². The molecule has 0 aromatic heterocycles. The summed E-state index contributed by atoms with van der Waals surface area (Å²) in [7, 11) is 1.35. The highest BCUT2D eigenvalue weighted by Crippen LogP contribution is 2.33. The Balaban J connectivity index is 3.01. The van der Waals surface area contributed by atoms with Gasteiger partial charge in [-0.05, 0) is 35.8 Å². The third kappa shape index (κ3) is 3.93. The number of hydrogen-bond acceptors (Lipinski definition) is 5. The number of esters is 1. The summed E-state index contributed by atoms with van der Waals surface area (Å²) >= 11 is 3.35. The average molecular weight is 345 g/mol. The van der Waals surface area contributed by atoms with Crippen molar-refractivity contribution in [3.63, 3.8) is 0 Å². The second-order valence-electron chi connectivity index (χ2n) is 4.25. The Hall–Kier alpha value is -1.63. The zero-order valence-corrected chi connectivity index (χ0v) is 13.3. The van der Waals surface area contributed by atoms with Crippen molar-refractivity contribution >= 4 is 33.3 Å². The molecule has 1 aromatic carbocycles. The highest BCUT2D eigenvalue weighted by molar-refractivity contribution is 9.10. The highest BCUT2D eigenvalue weighted by Gasteiger charge is 2.17. The van der Waals surface area contributed by atoms with Crippen LogP contribution in [0, 0.1) is 17.0 Å². The second-order valence-corrected chi connectivity index (χ2v) is 5.11. The van der Waals surface area contributed by atoms with Crippen molar-refractivity contribution in [2.24, 2.45) is 0 Å². The van der Waals surface area contributed by atoms with Crippen molar-refractivity contribution in [1.29, 1.82) is 0 Å². The predicted octanol–water partition coefficient (Wildman–Crippen LogP) is 3.06. The Morgan fingerprint density at radius 3 is 2.65 bits per heavy atom. The first-order valence-corrected chi connectivity index (χ1v) is 6.96. The van der Waals surface area contributed by atoms with Crippen LogP contribution >= 0.6 is 15.9 Å². The average Bonchev–Trinajstić information content (AvgIpc) is 2.41. The van der Waals surface area contributed by atoms with E-state index in [1.807, 2.05) is 11.8 Å². The topological polar surface area (TPSA) is 72.7 Å². The number of nitrogens with zero attached hydrogens (tertiary/aromatic N) is 2. The number of rotatable bonds is 6. The maximum absolute atomic E-state index is 11.2. The third-order valence-electron chi connectivity index (χ3n) is 3.00. The molecule has 0 aliphatic heterocycles. The summed E-state index contributed by atoms with van der Waals surface area (Å²) in [5.74, 6) is -0.279. The van der Waals surface area contributed by atoms with Crippen LogP contribution in [-0.4, -0.2) is 31.1 Å². The number of methoxy groups -OCH3 is 1. The molecule has 0 unspecified atom stereocenters. The molecule has 7 heteroatoms. The van der Waals surface area contributed by atoms with Crippen LogP contribution in [0.15, 0.2) is 16.6 Å². The molecule has 6 nitrogen and oxygen atoms in total. The molecule has 0 saturated heterocycles. The molecule has 110 valence electrons. The fraction of sp³-hybridized carbons (Fsp3) is 0.462. The summed E-state index contributed by atoms with van der Waals surface area (Å²) in [4.78, 5) is 23.7. The van der Waals surface area contributed by atoms with Crippen LogP contribution in [0.5, 0.6) is 0 Å². The molecule has 0 aliphatic rings. The molecular weight excluding hydrogens is 328 g/mol. The number of benzene rings is 1. The minimum absolute atomic E-state index is 0.0737. The van der Waals surface area contributed by atoms with Gasteiger partial charge in [-0.25, -0.2) is 0 Å². The van der Waals surface area contributed by atoms with Crippen LogP contribution in [0.3, 0.4) is 0 Å². The lowest BCUT2D eigenvalue weighted by Crippen LogP contribution is -2.26. The van der Waals surface area contributed by atoms with Gasteiger partial charge in [0.15, 0.2) is 0 Å². The van der Waals surface area contributed by atoms with E-state index in [9.17, 15) is 14.9 Å². The SMILES string of the molecule is CCN(CCC(=O)OC)c1cc(C)c([N+](=O)[O-])cc1Br. The molecule has 0 saturated carbocycles. The van der Waals surface area contributed by atoms with Crippen LogP contribution in [0.1, 0.15) is 18.9 Å². The molecule has 0 amide bonds. The van der Waals surface area contributed by atoms with Crippen LogP contribution in [0.25, 0.3) is 0 Å². The van der Waals surface area contributed by atoms with Gasteiger partial charge in [0.1, 0.15) is 0 Å². The molecule has 0 N–H and O–H groups in total. The van der Waals surface area contributed by atoms with Crippen molar-refractivity contribution in [1.82, 2.24) is 0 Å². The summed E-state index contributed by atoms with van der Waals surface area (Å²) in [5, 5.41) is 10.9. The number of carbonyl (C=O) groups is 1. The fourth-order valence-corrected chi connectivity index (χ4v) is 2.45. The highest BCUT2D eigenvalue weighted by atomic mass is 79.9. The summed E-state index contributed by atoms with van der Waals surface area (Å²) in [6, 6.07) is 3.24. The number of carbonyl (C=O) groups excluding carboxylic acids is 1. The Morgan fingerprint density at radius 2 is 2.15 bits per heavy atom. The van der Waals surface area contributed by atoms with Gasteiger partial charge in [0.05, 0.1) is 24.1 Å². The van der Waals surface area contributed by atoms with E-state index >= 15 is 0 Å². The lowest BCUT2D eigenvalue weighted by atomic mass is 10.1. The minimum Gasteiger partial charge on any atom is -0.469 e. The lowest BCUT2D eigenvalue weighted by molar-refractivity contribution is -0.385. The molecule has 20 heavy (non-hydrogen) atoms. The molecule has 0 aliphatic carbocycles. The Bertz CT molecular complexity index is 519. The van der Waals surface area contributed by atoms with Gasteiger partial charge >= 0.3 is 5.97 Å². The Kier molecular flexibility index (Phi) is 5.94. The van der Waals surface area contributed by atoms with E-state index in [1.54, 1.807) is 13.0 Å². The van der Waals surface area contributed by atoms with E-state index in [2.05, 4.69) is 20.7 Å². The van der Waals surface area contributed by atoms with Crippen molar-refractivity contribution in [3.05, 3.63) is 32.3 Å². The first kappa shape index (κ1) is 16.4. The maximum Gasteiger partial charge on any atom is 0.307 e. The van der Waals surface area contributed by atoms with Crippen molar-refractivity contribution in [2.45, 2.75) is 20.3 Å². The smallest absolute Gasteiger partial charge is 0.307 e. The van der Waals surface area contributed by atoms with Crippen molar-refractivity contribution in [2.75, 3.05) is 25.1 Å². The quantitative estimate of drug-likeness (QED) is 0.450. The number of nitro benzene ring substituents is 1. The van der Waals surface area contributed by atoms with Crippen molar-refractivity contribution in [3.8, 4) is 0 Å². The first-order valence-electron chi connectivity index (χ1n) is 6.17. The zero-order chi connectivity index (χ0) is 15.3. The summed E-state index contributed by atoms with van der Waals surface area (Å²) in [6.45, 7) is 4.84. The maximum atomic E-state index is 11.2. The molecule has 0 spiro atoms. The molecule has 0 bridgehead atoms. The molecule has 0 heterocycles. The Morgan fingerprint density at radius 1 is 1.50 bits per heavy atom. The molecule has 0 atom stereocenters. The van der Waals surface area contributed by atoms with E-state index in [1.165, 1.54) is 13.2 Å². The number of halogens is 1. The van der Waals surface area contributed by atoms with Gasteiger partial charge in [0.25, 0.3) is 5.69 Å². The van der Waals surface area contributed by atoms with Crippen LogP contribution in [0.2, 0.25) is 0 Å². The molecule has 1 rings (SSSR count). The predicted molar refractivity (Wildman–Crippen MR) is 80.1 cm³/mol. The Labute approximate surface area is 126 Å². The van der Waals surface area contributed by atoms with Gasteiger partial charge in [-0.1, -0.05) is 0 Å². The number of ether oxygens (including phenoxy) is 1. The van der Waals surface area contributed by atoms with Crippen molar-refractivity contribution < 1.29 is 14.5 Å².